The molecular formula is C16H29N3O. The lowest BCUT2D eigenvalue weighted by molar-refractivity contribution is 0.0224. The molecule has 2 N–H and O–H groups in total. The maximum absolute atomic E-state index is 5.97. The molecule has 0 amide bonds. The van der Waals surface area contributed by atoms with Crippen LogP contribution in [0.3, 0.4) is 0 Å². The van der Waals surface area contributed by atoms with Crippen LogP contribution in [0.4, 0.5) is 0 Å². The summed E-state index contributed by atoms with van der Waals surface area (Å²) in [6.07, 6.45) is 11.1. The fourth-order valence-electron chi connectivity index (χ4n) is 2.88. The molecule has 1 atom stereocenters. The van der Waals surface area contributed by atoms with E-state index in [4.69, 9.17) is 10.5 Å². The van der Waals surface area contributed by atoms with Crippen molar-refractivity contribution in [1.29, 1.82) is 0 Å². The second-order valence-corrected chi connectivity index (χ2v) is 6.08. The minimum atomic E-state index is 0.402. The van der Waals surface area contributed by atoms with Gasteiger partial charge in [0.15, 0.2) is 0 Å². The van der Waals surface area contributed by atoms with E-state index in [1.807, 2.05) is 12.5 Å². The lowest BCUT2D eigenvalue weighted by atomic mass is 9.94. The molecule has 20 heavy (non-hydrogen) atoms. The van der Waals surface area contributed by atoms with Crippen LogP contribution in [0, 0.1) is 0 Å². The van der Waals surface area contributed by atoms with Crippen molar-refractivity contribution in [1.82, 2.24) is 9.55 Å². The van der Waals surface area contributed by atoms with Gasteiger partial charge in [-0.05, 0) is 44.4 Å². The average Bonchev–Trinajstić information content (AvgIpc) is 2.93. The van der Waals surface area contributed by atoms with Crippen LogP contribution in [0.15, 0.2) is 12.5 Å². The van der Waals surface area contributed by atoms with Crippen molar-refractivity contribution in [3.8, 4) is 0 Å². The largest absolute Gasteiger partial charge is 0.378 e. The normalized spacial score (nSPS) is 24.8. The number of nitrogens with two attached hydrogens (primary N) is 1. The second-order valence-electron chi connectivity index (χ2n) is 6.08. The Morgan fingerprint density at radius 3 is 2.85 bits per heavy atom. The van der Waals surface area contributed by atoms with Crippen molar-refractivity contribution in [3.05, 3.63) is 18.2 Å². The number of hydrogen-bond donors (Lipinski definition) is 1. The van der Waals surface area contributed by atoms with Crippen molar-refractivity contribution in [2.75, 3.05) is 6.61 Å². The van der Waals surface area contributed by atoms with E-state index in [-0.39, 0.29) is 0 Å². The van der Waals surface area contributed by atoms with Crippen molar-refractivity contribution >= 4 is 0 Å². The van der Waals surface area contributed by atoms with Gasteiger partial charge in [-0.25, -0.2) is 4.98 Å². The van der Waals surface area contributed by atoms with Gasteiger partial charge in [-0.15, -0.1) is 0 Å². The van der Waals surface area contributed by atoms with Gasteiger partial charge in [0.2, 0.25) is 0 Å². The zero-order valence-corrected chi connectivity index (χ0v) is 12.9. The first-order valence-corrected chi connectivity index (χ1v) is 8.08. The first-order chi connectivity index (χ1) is 9.70. The Kier molecular flexibility index (Phi) is 6.05. The summed E-state index contributed by atoms with van der Waals surface area (Å²) in [6.45, 7) is 6.33. The number of rotatable bonds is 7. The molecule has 1 heterocycles. The van der Waals surface area contributed by atoms with E-state index in [2.05, 4.69) is 23.4 Å². The van der Waals surface area contributed by atoms with Crippen LogP contribution in [0.5, 0.6) is 0 Å². The topological polar surface area (TPSA) is 53.1 Å². The molecule has 4 nitrogen and oxygen atoms in total. The molecule has 1 aliphatic rings. The molecule has 1 aromatic rings. The summed E-state index contributed by atoms with van der Waals surface area (Å²) in [5, 5.41) is 0. The second kappa shape index (κ2) is 7.79. The fourth-order valence-corrected chi connectivity index (χ4v) is 2.88. The van der Waals surface area contributed by atoms with Gasteiger partial charge in [0.25, 0.3) is 0 Å². The predicted molar refractivity (Wildman–Crippen MR) is 81.7 cm³/mol. The van der Waals surface area contributed by atoms with E-state index in [0.717, 1.165) is 51.7 Å². The van der Waals surface area contributed by atoms with E-state index >= 15 is 0 Å². The van der Waals surface area contributed by atoms with Crippen LogP contribution >= 0.6 is 0 Å². The lowest BCUT2D eigenvalue weighted by Crippen LogP contribution is -2.30. The van der Waals surface area contributed by atoms with Gasteiger partial charge < -0.3 is 15.0 Å². The van der Waals surface area contributed by atoms with Gasteiger partial charge in [0.05, 0.1) is 12.4 Å². The Morgan fingerprint density at radius 1 is 1.40 bits per heavy atom. The van der Waals surface area contributed by atoms with Crippen molar-refractivity contribution < 1.29 is 4.74 Å². The highest BCUT2D eigenvalue weighted by Crippen LogP contribution is 2.20. The molecular weight excluding hydrogens is 250 g/mol. The highest BCUT2D eigenvalue weighted by atomic mass is 16.5. The summed E-state index contributed by atoms with van der Waals surface area (Å²) in [4.78, 5) is 4.28. The van der Waals surface area contributed by atoms with Gasteiger partial charge in [-0.2, -0.15) is 0 Å². The molecule has 0 aliphatic heterocycles. The maximum atomic E-state index is 5.97. The Bertz CT molecular complexity index is 383. The van der Waals surface area contributed by atoms with Crippen LogP contribution in [0.2, 0.25) is 0 Å². The fraction of sp³-hybridized carbons (Fsp3) is 0.812. The molecule has 0 bridgehead atoms. The van der Waals surface area contributed by atoms with Crippen LogP contribution < -0.4 is 5.73 Å². The molecule has 1 fully saturated rings. The van der Waals surface area contributed by atoms with E-state index in [1.54, 1.807) is 0 Å². The van der Waals surface area contributed by atoms with Crippen LogP contribution in [-0.4, -0.2) is 28.3 Å². The molecule has 1 aliphatic carbocycles. The van der Waals surface area contributed by atoms with Gasteiger partial charge in [0, 0.05) is 31.1 Å². The standard InChI is InChI=1S/C16H29N3O/c1-3-13(2)16-11-18-12-19(16)9-4-10-20-15-7-5-14(17)6-8-15/h11-15H,3-10,17H2,1-2H3. The lowest BCUT2D eigenvalue weighted by Gasteiger charge is -2.26. The Hall–Kier alpha value is -0.870. The molecule has 0 aromatic carbocycles. The van der Waals surface area contributed by atoms with Crippen molar-refractivity contribution in [2.45, 2.75) is 77.0 Å². The molecule has 114 valence electrons. The number of ether oxygens (including phenoxy) is 1. The first-order valence-electron chi connectivity index (χ1n) is 8.08. The zero-order valence-electron chi connectivity index (χ0n) is 12.9. The summed E-state index contributed by atoms with van der Waals surface area (Å²) in [5.74, 6) is 0.582. The minimum absolute atomic E-state index is 0.402. The number of nitrogens with zero attached hydrogens (tertiary/aromatic N) is 2. The van der Waals surface area contributed by atoms with Crippen molar-refractivity contribution in [3.63, 3.8) is 0 Å². The maximum Gasteiger partial charge on any atom is 0.0948 e. The first kappa shape index (κ1) is 15.5. The highest BCUT2D eigenvalue weighted by molar-refractivity contribution is 5.04. The molecule has 0 saturated heterocycles. The van der Waals surface area contributed by atoms with Gasteiger partial charge in [-0.3, -0.25) is 0 Å². The third-order valence-corrected chi connectivity index (χ3v) is 4.48. The van der Waals surface area contributed by atoms with Crippen LogP contribution in [0.25, 0.3) is 0 Å². The molecule has 1 saturated carbocycles. The number of imidazole rings is 1. The summed E-state index contributed by atoms with van der Waals surface area (Å²) < 4.78 is 8.24. The summed E-state index contributed by atoms with van der Waals surface area (Å²) in [6, 6.07) is 0.402. The summed E-state index contributed by atoms with van der Waals surface area (Å²) >= 11 is 0. The van der Waals surface area contributed by atoms with Crippen molar-refractivity contribution in [2.24, 2.45) is 5.73 Å². The SMILES string of the molecule is CCC(C)c1cncn1CCCOC1CCC(N)CC1. The minimum Gasteiger partial charge on any atom is -0.378 e. The monoisotopic (exact) mass is 279 g/mol. The van der Waals surface area contributed by atoms with Gasteiger partial charge >= 0.3 is 0 Å². The Labute approximate surface area is 122 Å². The van der Waals surface area contributed by atoms with E-state index in [9.17, 15) is 0 Å². The van der Waals surface area contributed by atoms with E-state index in [1.165, 1.54) is 5.69 Å². The number of aromatic nitrogens is 2. The van der Waals surface area contributed by atoms with Gasteiger partial charge in [0.1, 0.15) is 0 Å². The molecule has 2 rings (SSSR count). The molecule has 4 heteroatoms. The molecule has 0 radical (unpaired) electrons. The van der Waals surface area contributed by atoms with E-state index in [0.29, 0.717) is 18.1 Å². The number of hydrogen-bond acceptors (Lipinski definition) is 3. The van der Waals surface area contributed by atoms with E-state index < -0.39 is 0 Å². The zero-order chi connectivity index (χ0) is 14.4. The quantitative estimate of drug-likeness (QED) is 0.780. The van der Waals surface area contributed by atoms with Crippen LogP contribution in [-0.2, 0) is 11.3 Å². The smallest absolute Gasteiger partial charge is 0.0948 e. The third-order valence-electron chi connectivity index (χ3n) is 4.48. The van der Waals surface area contributed by atoms with Crippen LogP contribution in [0.1, 0.15) is 64.0 Å². The summed E-state index contributed by atoms with van der Waals surface area (Å²) in [5.41, 5.74) is 7.25. The summed E-state index contributed by atoms with van der Waals surface area (Å²) in [7, 11) is 0. The predicted octanol–water partition coefficient (Wildman–Crippen LogP) is 3.07. The molecule has 0 spiro atoms. The Morgan fingerprint density at radius 2 is 2.15 bits per heavy atom. The molecule has 1 unspecified atom stereocenters. The van der Waals surface area contributed by atoms with Gasteiger partial charge in [-0.1, -0.05) is 13.8 Å². The molecule has 1 aromatic heterocycles. The average molecular weight is 279 g/mol. The number of aryl methyl sites for hydroxylation is 1. The highest BCUT2D eigenvalue weighted by Gasteiger charge is 2.18. The third kappa shape index (κ3) is 4.32. The Balaban J connectivity index is 1.67.